The van der Waals surface area contributed by atoms with Crippen molar-refractivity contribution >= 4 is 33.1 Å². The Morgan fingerprint density at radius 1 is 1.06 bits per heavy atom. The molecule has 0 radical (unpaired) electrons. The van der Waals surface area contributed by atoms with E-state index in [4.69, 9.17) is 0 Å². The lowest BCUT2D eigenvalue weighted by Crippen LogP contribution is -2.08. The number of nitrogens with one attached hydrogen (secondary N) is 1. The normalized spacial score (nSPS) is 19.5. The minimum Gasteiger partial charge on any atom is -0.295 e. The summed E-state index contributed by atoms with van der Waals surface area (Å²) in [6, 6.07) is 8.01. The zero-order chi connectivity index (χ0) is 22.8. The number of allylic oxidation sites excluding steroid dienone is 12. The van der Waals surface area contributed by atoms with E-state index in [1.807, 2.05) is 67.6 Å². The fraction of sp³-hybridized carbons (Fsp3) is 0.259. The maximum Gasteiger partial charge on any atom is 0.155 e. The van der Waals surface area contributed by atoms with Crippen molar-refractivity contribution in [3.8, 4) is 0 Å². The lowest BCUT2D eigenvalue weighted by molar-refractivity contribution is -0.113. The average Bonchev–Trinajstić information content (AvgIpc) is 2.99. The molecule has 1 N–H and O–H groups in total. The summed E-state index contributed by atoms with van der Waals surface area (Å²) >= 11 is 3.45. The molecule has 0 aliphatic heterocycles. The van der Waals surface area contributed by atoms with Gasteiger partial charge in [-0.2, -0.15) is 5.10 Å². The maximum absolute atomic E-state index is 11.1. The van der Waals surface area contributed by atoms with Gasteiger partial charge in [-0.3, -0.25) is 10.2 Å². The molecule has 0 unspecified atom stereocenters. The number of hydrogen-bond donors (Lipinski definition) is 1. The number of Topliss-reactive ketones (excluding diaryl/α,β-unsaturated/α-hetero) is 1. The summed E-state index contributed by atoms with van der Waals surface area (Å²) in [5, 5.41) is 4.67. The third-order valence-electron chi connectivity index (χ3n) is 5.12. The van der Waals surface area contributed by atoms with E-state index >= 15 is 0 Å². The van der Waals surface area contributed by atoms with Gasteiger partial charge in [0.25, 0.3) is 0 Å². The first kappa shape index (κ1) is 24.5. The molecule has 0 saturated carbocycles. The molecule has 0 saturated heterocycles. The van der Waals surface area contributed by atoms with Crippen LogP contribution in [0.25, 0.3) is 0 Å². The molecule has 2 rings (SSSR count). The standard InChI is InChI=1S/C27H31BrN2O/c1-19(11-9-7-6-8-10-12-20(2)23(5)31)17-24-18-21(3)27(22(24)4)30-29-26-15-13-25(28)14-16-26/h6-17,21,29H,18H2,1-5H3/b7-6+,10-8+,11-9+,19-17+,20-12+,30-27-/t21-/m1/s1. The Bertz CT molecular complexity index is 1000. The smallest absolute Gasteiger partial charge is 0.155 e. The summed E-state index contributed by atoms with van der Waals surface area (Å²) < 4.78 is 1.05. The lowest BCUT2D eigenvalue weighted by atomic mass is 10.1. The molecule has 0 aromatic heterocycles. The number of hydrazone groups is 1. The molecule has 0 bridgehead atoms. The Balaban J connectivity index is 2.00. The van der Waals surface area contributed by atoms with E-state index in [-0.39, 0.29) is 5.78 Å². The molecule has 0 spiro atoms. The van der Waals surface area contributed by atoms with Crippen molar-refractivity contribution in [3.05, 3.63) is 99.6 Å². The van der Waals surface area contributed by atoms with Crippen molar-refractivity contribution in [3.63, 3.8) is 0 Å². The van der Waals surface area contributed by atoms with Gasteiger partial charge in [0.05, 0.1) is 11.4 Å². The van der Waals surface area contributed by atoms with E-state index in [1.165, 1.54) is 16.7 Å². The van der Waals surface area contributed by atoms with Gasteiger partial charge in [0.1, 0.15) is 0 Å². The van der Waals surface area contributed by atoms with Gasteiger partial charge in [-0.15, -0.1) is 0 Å². The van der Waals surface area contributed by atoms with Gasteiger partial charge >= 0.3 is 0 Å². The van der Waals surface area contributed by atoms with Gasteiger partial charge in [0, 0.05) is 10.4 Å². The van der Waals surface area contributed by atoms with Gasteiger partial charge < -0.3 is 0 Å². The van der Waals surface area contributed by atoms with Gasteiger partial charge in [-0.05, 0) is 75.1 Å². The number of carbonyl (C=O) groups is 1. The molecule has 1 aliphatic rings. The fourth-order valence-corrected chi connectivity index (χ4v) is 3.43. The van der Waals surface area contributed by atoms with Crippen LogP contribution < -0.4 is 5.43 Å². The highest BCUT2D eigenvalue weighted by Gasteiger charge is 2.24. The Kier molecular flexibility index (Phi) is 9.67. The zero-order valence-corrected chi connectivity index (χ0v) is 20.5. The maximum atomic E-state index is 11.1. The molecule has 31 heavy (non-hydrogen) atoms. The minimum atomic E-state index is 0.0948. The summed E-state index contributed by atoms with van der Waals surface area (Å²) in [5.41, 5.74) is 9.81. The van der Waals surface area contributed by atoms with Crippen molar-refractivity contribution < 1.29 is 4.79 Å². The molecule has 162 valence electrons. The van der Waals surface area contributed by atoms with E-state index < -0.39 is 0 Å². The molecule has 4 heteroatoms. The topological polar surface area (TPSA) is 41.5 Å². The number of anilines is 1. The van der Waals surface area contributed by atoms with Crippen LogP contribution in [0, 0.1) is 5.92 Å². The quantitative estimate of drug-likeness (QED) is 0.236. The van der Waals surface area contributed by atoms with Gasteiger partial charge in [-0.1, -0.05) is 77.0 Å². The van der Waals surface area contributed by atoms with Crippen LogP contribution in [0.4, 0.5) is 5.69 Å². The van der Waals surface area contributed by atoms with E-state index in [9.17, 15) is 4.79 Å². The van der Waals surface area contributed by atoms with E-state index in [0.717, 1.165) is 27.9 Å². The van der Waals surface area contributed by atoms with Crippen molar-refractivity contribution in [1.29, 1.82) is 0 Å². The van der Waals surface area contributed by atoms with E-state index in [2.05, 4.69) is 59.4 Å². The van der Waals surface area contributed by atoms with Crippen LogP contribution in [0.2, 0.25) is 0 Å². The van der Waals surface area contributed by atoms with Crippen molar-refractivity contribution in [2.45, 2.75) is 41.0 Å². The molecule has 1 aromatic rings. The van der Waals surface area contributed by atoms with E-state index in [0.29, 0.717) is 5.92 Å². The van der Waals surface area contributed by atoms with Crippen LogP contribution in [0.15, 0.2) is 105 Å². The largest absolute Gasteiger partial charge is 0.295 e. The number of nitrogens with zero attached hydrogens (tertiary/aromatic N) is 1. The average molecular weight is 479 g/mol. The number of halogens is 1. The summed E-state index contributed by atoms with van der Waals surface area (Å²) in [4.78, 5) is 11.1. The Morgan fingerprint density at radius 3 is 2.39 bits per heavy atom. The summed E-state index contributed by atoms with van der Waals surface area (Å²) in [5.74, 6) is 0.486. The summed E-state index contributed by atoms with van der Waals surface area (Å²) in [6.45, 7) is 9.87. The highest BCUT2D eigenvalue weighted by atomic mass is 79.9. The molecule has 1 aromatic carbocycles. The summed E-state index contributed by atoms with van der Waals surface area (Å²) in [7, 11) is 0. The van der Waals surface area contributed by atoms with Crippen molar-refractivity contribution in [2.24, 2.45) is 11.0 Å². The Labute approximate surface area is 194 Å². The van der Waals surface area contributed by atoms with Crippen LogP contribution in [-0.2, 0) is 4.79 Å². The second-order valence-corrected chi connectivity index (χ2v) is 8.71. The van der Waals surface area contributed by atoms with E-state index in [1.54, 1.807) is 6.92 Å². The third-order valence-corrected chi connectivity index (χ3v) is 5.64. The molecular weight excluding hydrogens is 448 g/mol. The van der Waals surface area contributed by atoms with Crippen molar-refractivity contribution in [2.75, 3.05) is 5.43 Å². The number of carbonyl (C=O) groups excluding carboxylic acids is 1. The third kappa shape index (κ3) is 8.14. The number of benzene rings is 1. The molecule has 1 aliphatic carbocycles. The lowest BCUT2D eigenvalue weighted by Gasteiger charge is -2.07. The predicted octanol–water partition coefficient (Wildman–Crippen LogP) is 7.72. The molecule has 1 atom stereocenters. The van der Waals surface area contributed by atoms with Gasteiger partial charge in [0.2, 0.25) is 0 Å². The number of ketones is 1. The second kappa shape index (κ2) is 12.2. The molecule has 0 fully saturated rings. The van der Waals surface area contributed by atoms with Crippen LogP contribution >= 0.6 is 15.9 Å². The van der Waals surface area contributed by atoms with Crippen LogP contribution in [0.1, 0.15) is 41.0 Å². The predicted molar refractivity (Wildman–Crippen MR) is 137 cm³/mol. The summed E-state index contributed by atoms with van der Waals surface area (Å²) in [6.07, 6.45) is 16.9. The highest BCUT2D eigenvalue weighted by Crippen LogP contribution is 2.31. The van der Waals surface area contributed by atoms with Crippen LogP contribution in [0.3, 0.4) is 0 Å². The van der Waals surface area contributed by atoms with Crippen LogP contribution in [0.5, 0.6) is 0 Å². The molecule has 0 amide bonds. The first-order valence-electron chi connectivity index (χ1n) is 10.4. The first-order chi connectivity index (χ1) is 14.8. The SMILES string of the molecule is CC(=O)/C(C)=C/C=C/C=C/C=C/C(C)=C/C1=C(C)C(=N\Nc2ccc(Br)cc2)/[C@H](C)C1. The molecule has 3 nitrogen and oxygen atoms in total. The second-order valence-electron chi connectivity index (χ2n) is 7.79. The highest BCUT2D eigenvalue weighted by molar-refractivity contribution is 9.10. The first-order valence-corrected chi connectivity index (χ1v) is 11.2. The molecule has 0 heterocycles. The number of hydrogen-bond acceptors (Lipinski definition) is 3. The number of rotatable bonds is 8. The zero-order valence-electron chi connectivity index (χ0n) is 18.9. The minimum absolute atomic E-state index is 0.0948. The molecular formula is C27H31BrN2O. The monoisotopic (exact) mass is 478 g/mol. The Hall–Kier alpha value is -2.72. The Morgan fingerprint density at radius 2 is 1.71 bits per heavy atom. The van der Waals surface area contributed by atoms with Crippen LogP contribution in [-0.4, -0.2) is 11.5 Å². The van der Waals surface area contributed by atoms with Crippen molar-refractivity contribution in [1.82, 2.24) is 0 Å². The van der Waals surface area contributed by atoms with Gasteiger partial charge in [0.15, 0.2) is 5.78 Å². The van der Waals surface area contributed by atoms with Gasteiger partial charge in [-0.25, -0.2) is 0 Å². The fourth-order valence-electron chi connectivity index (χ4n) is 3.16.